The Labute approximate surface area is 85.5 Å². The molecule has 0 heterocycles. The molecule has 0 spiro atoms. The van der Waals surface area contributed by atoms with E-state index in [1.54, 1.807) is 0 Å². The second-order valence-electron chi connectivity index (χ2n) is 2.52. The molecule has 0 saturated carbocycles. The molecule has 0 saturated heterocycles. The summed E-state index contributed by atoms with van der Waals surface area (Å²) in [6.07, 6.45) is -3.57. The predicted molar refractivity (Wildman–Crippen MR) is 41.5 cm³/mol. The highest BCUT2D eigenvalue weighted by Crippen LogP contribution is 2.29. The van der Waals surface area contributed by atoms with Crippen molar-refractivity contribution in [1.82, 2.24) is 0 Å². The third-order valence-electron chi connectivity index (χ3n) is 1.62. The van der Waals surface area contributed by atoms with Crippen molar-refractivity contribution in [1.29, 1.82) is 0 Å². The lowest BCUT2D eigenvalue weighted by atomic mass is 10.1. The third-order valence-corrected chi connectivity index (χ3v) is 1.82. The largest absolute Gasteiger partial charge is 0.275 e. The van der Waals surface area contributed by atoms with E-state index in [9.17, 15) is 26.7 Å². The van der Waals surface area contributed by atoms with Crippen LogP contribution in [0.15, 0.2) is 6.07 Å². The average molecular weight is 245 g/mol. The zero-order valence-corrected chi connectivity index (χ0v) is 7.59. The standard InChI is InChI=1S/C8H2ClF5O/c9-7(15)2-1-3(10)6(12)4(5(2)11)8(13)14/h1,8H. The van der Waals surface area contributed by atoms with Gasteiger partial charge in [0.2, 0.25) is 0 Å². The number of hydrogen-bond acceptors (Lipinski definition) is 1. The van der Waals surface area contributed by atoms with Crippen LogP contribution in [0.2, 0.25) is 0 Å². The number of hydrogen-bond donors (Lipinski definition) is 0. The highest BCUT2D eigenvalue weighted by molar-refractivity contribution is 6.67. The van der Waals surface area contributed by atoms with Gasteiger partial charge in [-0.2, -0.15) is 0 Å². The molecule has 1 aromatic carbocycles. The number of rotatable bonds is 2. The minimum atomic E-state index is -3.57. The summed E-state index contributed by atoms with van der Waals surface area (Å²) in [5.74, 6) is -5.62. The van der Waals surface area contributed by atoms with Gasteiger partial charge >= 0.3 is 0 Å². The molecule has 0 bridgehead atoms. The smallest absolute Gasteiger partial charge is 0.269 e. The van der Waals surface area contributed by atoms with Crippen LogP contribution in [0.5, 0.6) is 0 Å². The van der Waals surface area contributed by atoms with Gasteiger partial charge in [0.15, 0.2) is 11.6 Å². The van der Waals surface area contributed by atoms with Crippen LogP contribution in [-0.4, -0.2) is 5.24 Å². The van der Waals surface area contributed by atoms with E-state index < -0.39 is 40.2 Å². The van der Waals surface area contributed by atoms with Gasteiger partial charge in [0, 0.05) is 0 Å². The van der Waals surface area contributed by atoms with Crippen LogP contribution >= 0.6 is 11.6 Å². The summed E-state index contributed by atoms with van der Waals surface area (Å²) in [7, 11) is 0. The van der Waals surface area contributed by atoms with Crippen molar-refractivity contribution in [3.63, 3.8) is 0 Å². The molecule has 0 aliphatic carbocycles. The molecule has 1 nitrogen and oxygen atoms in total. The molecule has 0 aliphatic rings. The first-order valence-electron chi connectivity index (χ1n) is 3.51. The lowest BCUT2D eigenvalue weighted by Crippen LogP contribution is -2.06. The normalized spacial score (nSPS) is 10.9. The summed E-state index contributed by atoms with van der Waals surface area (Å²) in [5, 5.41) is -1.48. The Kier molecular flexibility index (Phi) is 3.28. The molecule has 82 valence electrons. The summed E-state index contributed by atoms with van der Waals surface area (Å²) < 4.78 is 62.6. The molecule has 15 heavy (non-hydrogen) atoms. The maximum atomic E-state index is 13.0. The Balaban J connectivity index is 3.56. The number of alkyl halides is 2. The van der Waals surface area contributed by atoms with Gasteiger partial charge in [0.1, 0.15) is 5.82 Å². The van der Waals surface area contributed by atoms with E-state index in [1.807, 2.05) is 0 Å². The van der Waals surface area contributed by atoms with Gasteiger partial charge in [0.25, 0.3) is 11.7 Å². The van der Waals surface area contributed by atoms with E-state index in [2.05, 4.69) is 0 Å². The topological polar surface area (TPSA) is 17.1 Å². The summed E-state index contributed by atoms with van der Waals surface area (Å²) >= 11 is 4.80. The Morgan fingerprint density at radius 1 is 1.20 bits per heavy atom. The van der Waals surface area contributed by atoms with Crippen molar-refractivity contribution in [3.8, 4) is 0 Å². The summed E-state index contributed by atoms with van der Waals surface area (Å²) in [6.45, 7) is 0. The van der Waals surface area contributed by atoms with Crippen LogP contribution in [0.3, 0.4) is 0 Å². The number of carbonyl (C=O) groups excluding carboxylic acids is 1. The lowest BCUT2D eigenvalue weighted by molar-refractivity contribution is 0.107. The molecule has 0 radical (unpaired) electrons. The molecule has 0 N–H and O–H groups in total. The average Bonchev–Trinajstić information content (AvgIpc) is 2.10. The number of benzene rings is 1. The fraction of sp³-hybridized carbons (Fsp3) is 0.125. The predicted octanol–water partition coefficient (Wildman–Crippen LogP) is 3.42. The molecule has 0 aliphatic heterocycles. The van der Waals surface area contributed by atoms with Crippen molar-refractivity contribution in [3.05, 3.63) is 34.6 Å². The third kappa shape index (κ3) is 2.09. The van der Waals surface area contributed by atoms with Gasteiger partial charge in [-0.15, -0.1) is 0 Å². The fourth-order valence-corrected chi connectivity index (χ4v) is 1.10. The Morgan fingerprint density at radius 3 is 2.13 bits per heavy atom. The SMILES string of the molecule is O=C(Cl)c1cc(F)c(F)c(C(F)F)c1F. The Bertz CT molecular complexity index is 418. The first-order chi connectivity index (χ1) is 6.86. The molecule has 0 atom stereocenters. The molecular weight excluding hydrogens is 243 g/mol. The Morgan fingerprint density at radius 2 is 1.73 bits per heavy atom. The zero-order chi connectivity index (χ0) is 11.7. The van der Waals surface area contributed by atoms with Crippen LogP contribution in [0.1, 0.15) is 22.3 Å². The maximum Gasteiger partial charge on any atom is 0.269 e. The summed E-state index contributed by atoms with van der Waals surface area (Å²) in [4.78, 5) is 10.5. The highest BCUT2D eigenvalue weighted by Gasteiger charge is 2.27. The first-order valence-corrected chi connectivity index (χ1v) is 3.89. The van der Waals surface area contributed by atoms with E-state index >= 15 is 0 Å². The van der Waals surface area contributed by atoms with Crippen LogP contribution in [0, 0.1) is 17.5 Å². The van der Waals surface area contributed by atoms with Gasteiger partial charge in [-0.25, -0.2) is 22.0 Å². The number of halogens is 6. The first kappa shape index (κ1) is 11.9. The van der Waals surface area contributed by atoms with Crippen LogP contribution in [-0.2, 0) is 0 Å². The van der Waals surface area contributed by atoms with E-state index in [0.29, 0.717) is 0 Å². The molecule has 1 aromatic rings. The van der Waals surface area contributed by atoms with Crippen molar-refractivity contribution in [2.24, 2.45) is 0 Å². The zero-order valence-electron chi connectivity index (χ0n) is 6.83. The second-order valence-corrected chi connectivity index (χ2v) is 2.87. The van der Waals surface area contributed by atoms with E-state index in [1.165, 1.54) is 0 Å². The van der Waals surface area contributed by atoms with Crippen molar-refractivity contribution >= 4 is 16.8 Å². The van der Waals surface area contributed by atoms with E-state index in [0.717, 1.165) is 0 Å². The van der Waals surface area contributed by atoms with Crippen molar-refractivity contribution in [2.45, 2.75) is 6.43 Å². The van der Waals surface area contributed by atoms with Crippen molar-refractivity contribution in [2.75, 3.05) is 0 Å². The molecule has 0 amide bonds. The molecule has 7 heteroatoms. The van der Waals surface area contributed by atoms with Crippen LogP contribution in [0.4, 0.5) is 22.0 Å². The summed E-state index contributed by atoms with van der Waals surface area (Å²) in [6, 6.07) is 0.131. The summed E-state index contributed by atoms with van der Waals surface area (Å²) in [5.41, 5.74) is -2.91. The van der Waals surface area contributed by atoms with Gasteiger partial charge in [-0.05, 0) is 17.7 Å². The monoisotopic (exact) mass is 244 g/mol. The minimum Gasteiger partial charge on any atom is -0.275 e. The lowest BCUT2D eigenvalue weighted by Gasteiger charge is -2.07. The molecule has 0 unspecified atom stereocenters. The Hall–Kier alpha value is -1.17. The molecule has 1 rings (SSSR count). The van der Waals surface area contributed by atoms with E-state index in [4.69, 9.17) is 11.6 Å². The maximum absolute atomic E-state index is 13.0. The van der Waals surface area contributed by atoms with Crippen molar-refractivity contribution < 1.29 is 26.7 Å². The molecule has 0 fully saturated rings. The molecular formula is C8H2ClF5O. The van der Waals surface area contributed by atoms with Gasteiger partial charge < -0.3 is 0 Å². The van der Waals surface area contributed by atoms with Gasteiger partial charge in [0.05, 0.1) is 11.1 Å². The van der Waals surface area contributed by atoms with Crippen LogP contribution in [0.25, 0.3) is 0 Å². The molecule has 0 aromatic heterocycles. The minimum absolute atomic E-state index is 0.131. The quantitative estimate of drug-likeness (QED) is 0.443. The fourth-order valence-electron chi connectivity index (χ4n) is 0.958. The van der Waals surface area contributed by atoms with Gasteiger partial charge in [-0.3, -0.25) is 4.79 Å². The number of carbonyl (C=O) groups is 1. The van der Waals surface area contributed by atoms with Gasteiger partial charge in [-0.1, -0.05) is 0 Å². The van der Waals surface area contributed by atoms with E-state index in [-0.39, 0.29) is 6.07 Å². The second kappa shape index (κ2) is 4.14. The van der Waals surface area contributed by atoms with Crippen LogP contribution < -0.4 is 0 Å². The highest BCUT2D eigenvalue weighted by atomic mass is 35.5.